The first-order valence-electron chi connectivity index (χ1n) is 10.4. The van der Waals surface area contributed by atoms with Crippen LogP contribution in [0.4, 0.5) is 11.6 Å². The van der Waals surface area contributed by atoms with E-state index in [1.807, 2.05) is 37.3 Å². The van der Waals surface area contributed by atoms with Gasteiger partial charge in [0.25, 0.3) is 0 Å². The second-order valence-corrected chi connectivity index (χ2v) is 7.20. The first-order valence-corrected chi connectivity index (χ1v) is 10.4. The van der Waals surface area contributed by atoms with Gasteiger partial charge in [-0.3, -0.25) is 5.43 Å². The monoisotopic (exact) mass is 381 g/mol. The molecule has 1 fully saturated rings. The molecule has 0 unspecified atom stereocenters. The fourth-order valence-electron chi connectivity index (χ4n) is 3.26. The third-order valence-corrected chi connectivity index (χ3v) is 4.79. The number of piperidine rings is 1. The molecule has 1 aromatic carbocycles. The number of ether oxygens (including phenoxy) is 1. The minimum atomic E-state index is 0.722. The van der Waals surface area contributed by atoms with Crippen molar-refractivity contribution in [3.05, 3.63) is 41.7 Å². The number of nitrogens with zero attached hydrogens (tertiary/aromatic N) is 4. The molecule has 28 heavy (non-hydrogen) atoms. The summed E-state index contributed by atoms with van der Waals surface area (Å²) in [5, 5.41) is 4.33. The Balaban J connectivity index is 1.54. The maximum Gasteiger partial charge on any atom is 0.152 e. The van der Waals surface area contributed by atoms with Crippen LogP contribution in [0.25, 0.3) is 0 Å². The van der Waals surface area contributed by atoms with Crippen LogP contribution in [0.15, 0.2) is 35.4 Å². The highest BCUT2D eigenvalue weighted by Crippen LogP contribution is 2.20. The summed E-state index contributed by atoms with van der Waals surface area (Å²) in [5.41, 5.74) is 4.05. The molecule has 150 valence electrons. The van der Waals surface area contributed by atoms with Gasteiger partial charge in [0.1, 0.15) is 17.4 Å². The molecule has 0 aliphatic carbocycles. The van der Waals surface area contributed by atoms with E-state index in [-0.39, 0.29) is 0 Å². The summed E-state index contributed by atoms with van der Waals surface area (Å²) in [4.78, 5) is 11.3. The Bertz CT molecular complexity index is 754. The van der Waals surface area contributed by atoms with E-state index in [0.717, 1.165) is 54.9 Å². The van der Waals surface area contributed by atoms with Crippen LogP contribution >= 0.6 is 0 Å². The van der Waals surface area contributed by atoms with Gasteiger partial charge in [0, 0.05) is 19.2 Å². The number of aryl methyl sites for hydroxylation is 1. The predicted octanol–water partition coefficient (Wildman–Crippen LogP) is 4.79. The van der Waals surface area contributed by atoms with Gasteiger partial charge in [-0.2, -0.15) is 5.10 Å². The standard InChI is InChI=1S/C22H31N5O/c1-3-4-8-15-28-20-11-9-19(10-12-20)17-23-26-21-16-22(25-18(2)24-21)27-13-6-5-7-14-27/h9-12,16-17H,3-8,13-15H2,1-2H3,(H,24,25,26)/b23-17+. The van der Waals surface area contributed by atoms with Gasteiger partial charge in [0.2, 0.25) is 0 Å². The summed E-state index contributed by atoms with van der Waals surface area (Å²) in [5.74, 6) is 3.36. The molecule has 2 aromatic rings. The van der Waals surface area contributed by atoms with Crippen LogP contribution in [0, 0.1) is 6.92 Å². The molecule has 1 aromatic heterocycles. The molecule has 2 heterocycles. The summed E-state index contributed by atoms with van der Waals surface area (Å²) >= 11 is 0. The summed E-state index contributed by atoms with van der Waals surface area (Å²) in [6, 6.07) is 9.95. The highest BCUT2D eigenvalue weighted by molar-refractivity contribution is 5.80. The number of nitrogens with one attached hydrogen (secondary N) is 1. The largest absolute Gasteiger partial charge is 0.494 e. The maximum atomic E-state index is 5.74. The van der Waals surface area contributed by atoms with E-state index in [2.05, 4.69) is 32.3 Å². The van der Waals surface area contributed by atoms with Gasteiger partial charge >= 0.3 is 0 Å². The van der Waals surface area contributed by atoms with Crippen LogP contribution in [0.3, 0.4) is 0 Å². The van der Waals surface area contributed by atoms with Crippen molar-refractivity contribution in [2.45, 2.75) is 52.4 Å². The molecular formula is C22H31N5O. The van der Waals surface area contributed by atoms with Crippen molar-refractivity contribution in [2.75, 3.05) is 30.0 Å². The SMILES string of the molecule is CCCCCOc1ccc(/C=N/Nc2cc(N3CCCCC3)nc(C)n2)cc1. The van der Waals surface area contributed by atoms with E-state index in [9.17, 15) is 0 Å². The molecule has 1 aliphatic rings. The predicted molar refractivity (Wildman–Crippen MR) is 116 cm³/mol. The molecule has 3 rings (SSSR count). The van der Waals surface area contributed by atoms with Crippen LogP contribution < -0.4 is 15.1 Å². The lowest BCUT2D eigenvalue weighted by atomic mass is 10.1. The Kier molecular flexibility index (Phi) is 7.64. The van der Waals surface area contributed by atoms with E-state index >= 15 is 0 Å². The smallest absolute Gasteiger partial charge is 0.152 e. The number of unbranched alkanes of at least 4 members (excludes halogenated alkanes) is 2. The molecule has 1 aliphatic heterocycles. The van der Waals surface area contributed by atoms with E-state index in [0.29, 0.717) is 0 Å². The highest BCUT2D eigenvalue weighted by atomic mass is 16.5. The zero-order chi connectivity index (χ0) is 19.6. The van der Waals surface area contributed by atoms with Gasteiger partial charge in [-0.25, -0.2) is 9.97 Å². The van der Waals surface area contributed by atoms with Crippen LogP contribution in [0.5, 0.6) is 5.75 Å². The number of hydrogen-bond acceptors (Lipinski definition) is 6. The van der Waals surface area contributed by atoms with Crippen molar-refractivity contribution in [3.8, 4) is 5.75 Å². The third kappa shape index (κ3) is 6.22. The lowest BCUT2D eigenvalue weighted by molar-refractivity contribution is 0.306. The highest BCUT2D eigenvalue weighted by Gasteiger charge is 2.13. The molecule has 1 saturated heterocycles. The number of rotatable bonds is 9. The van der Waals surface area contributed by atoms with Crippen molar-refractivity contribution in [1.29, 1.82) is 0 Å². The topological polar surface area (TPSA) is 62.6 Å². The fraction of sp³-hybridized carbons (Fsp3) is 0.500. The molecule has 0 radical (unpaired) electrons. The van der Waals surface area contributed by atoms with E-state index in [4.69, 9.17) is 4.74 Å². The number of aromatic nitrogens is 2. The van der Waals surface area contributed by atoms with Crippen LogP contribution in [0.2, 0.25) is 0 Å². The normalized spacial score (nSPS) is 14.4. The second kappa shape index (κ2) is 10.6. The number of anilines is 2. The van der Waals surface area contributed by atoms with E-state index < -0.39 is 0 Å². The van der Waals surface area contributed by atoms with Crippen molar-refractivity contribution in [3.63, 3.8) is 0 Å². The summed E-state index contributed by atoms with van der Waals surface area (Å²) in [6.45, 7) is 7.01. The van der Waals surface area contributed by atoms with Gasteiger partial charge in [-0.05, 0) is 62.4 Å². The molecule has 0 spiro atoms. The van der Waals surface area contributed by atoms with Crippen molar-refractivity contribution >= 4 is 17.9 Å². The van der Waals surface area contributed by atoms with Gasteiger partial charge in [-0.1, -0.05) is 19.8 Å². The zero-order valence-corrected chi connectivity index (χ0v) is 17.0. The molecule has 0 saturated carbocycles. The van der Waals surface area contributed by atoms with Crippen molar-refractivity contribution in [2.24, 2.45) is 5.10 Å². The minimum Gasteiger partial charge on any atom is -0.494 e. The van der Waals surface area contributed by atoms with Crippen molar-refractivity contribution < 1.29 is 4.74 Å². The Morgan fingerprint density at radius 1 is 1.11 bits per heavy atom. The van der Waals surface area contributed by atoms with Gasteiger partial charge in [-0.15, -0.1) is 0 Å². The first-order chi connectivity index (χ1) is 13.7. The lowest BCUT2D eigenvalue weighted by Crippen LogP contribution is -2.30. The number of hydrazone groups is 1. The molecule has 6 heteroatoms. The van der Waals surface area contributed by atoms with Gasteiger partial charge < -0.3 is 9.64 Å². The Labute approximate surface area is 168 Å². The molecule has 0 amide bonds. The van der Waals surface area contributed by atoms with E-state index in [1.54, 1.807) is 6.21 Å². The first kappa shape index (κ1) is 20.1. The Hall–Kier alpha value is -2.63. The Morgan fingerprint density at radius 2 is 1.89 bits per heavy atom. The molecule has 1 N–H and O–H groups in total. The average Bonchev–Trinajstić information content (AvgIpc) is 2.73. The van der Waals surface area contributed by atoms with E-state index in [1.165, 1.54) is 32.1 Å². The molecular weight excluding hydrogens is 350 g/mol. The molecule has 0 atom stereocenters. The number of hydrogen-bond donors (Lipinski definition) is 1. The van der Waals surface area contributed by atoms with Crippen molar-refractivity contribution in [1.82, 2.24) is 9.97 Å². The summed E-state index contributed by atoms with van der Waals surface area (Å²) in [6.07, 6.45) is 9.05. The minimum absolute atomic E-state index is 0.722. The summed E-state index contributed by atoms with van der Waals surface area (Å²) < 4.78 is 5.74. The average molecular weight is 382 g/mol. The van der Waals surface area contributed by atoms with Gasteiger partial charge in [0.05, 0.1) is 12.8 Å². The second-order valence-electron chi connectivity index (χ2n) is 7.20. The fourth-order valence-corrected chi connectivity index (χ4v) is 3.26. The zero-order valence-electron chi connectivity index (χ0n) is 17.0. The Morgan fingerprint density at radius 3 is 2.64 bits per heavy atom. The number of benzene rings is 1. The summed E-state index contributed by atoms with van der Waals surface area (Å²) in [7, 11) is 0. The van der Waals surface area contributed by atoms with Crippen LogP contribution in [0.1, 0.15) is 56.8 Å². The lowest BCUT2D eigenvalue weighted by Gasteiger charge is -2.27. The third-order valence-electron chi connectivity index (χ3n) is 4.79. The maximum absolute atomic E-state index is 5.74. The van der Waals surface area contributed by atoms with Gasteiger partial charge in [0.15, 0.2) is 5.82 Å². The van der Waals surface area contributed by atoms with Crippen LogP contribution in [-0.4, -0.2) is 35.9 Å². The quantitative estimate of drug-likeness (QED) is 0.384. The molecule has 6 nitrogen and oxygen atoms in total. The molecule has 0 bridgehead atoms. The van der Waals surface area contributed by atoms with Crippen LogP contribution in [-0.2, 0) is 0 Å².